The molecule has 0 bridgehead atoms. The Balaban J connectivity index is 4.20. The van der Waals surface area contributed by atoms with Gasteiger partial charge in [-0.25, -0.2) is 9.59 Å². The fourth-order valence-electron chi connectivity index (χ4n) is 0.954. The first kappa shape index (κ1) is 12.5. The van der Waals surface area contributed by atoms with Crippen molar-refractivity contribution in [2.24, 2.45) is 5.73 Å². The van der Waals surface area contributed by atoms with Crippen LogP contribution >= 0.6 is 0 Å². The highest BCUT2D eigenvalue weighted by molar-refractivity contribution is 5.88. The molecule has 0 saturated heterocycles. The lowest BCUT2D eigenvalue weighted by Crippen LogP contribution is -2.35. The molecule has 0 heterocycles. The van der Waals surface area contributed by atoms with Crippen LogP contribution in [0.3, 0.4) is 0 Å². The summed E-state index contributed by atoms with van der Waals surface area (Å²) in [5.41, 5.74) is 5.36. The summed E-state index contributed by atoms with van der Waals surface area (Å²) >= 11 is 0. The normalized spacial score (nSPS) is 13.2. The third kappa shape index (κ3) is 5.18. The zero-order chi connectivity index (χ0) is 11.1. The number of urea groups is 1. The van der Waals surface area contributed by atoms with Gasteiger partial charge in [0, 0.05) is 11.6 Å². The summed E-state index contributed by atoms with van der Waals surface area (Å²) in [6.07, 6.45) is 1.59. The van der Waals surface area contributed by atoms with Crippen LogP contribution in [0.5, 0.6) is 0 Å². The lowest BCUT2D eigenvalue weighted by Gasteiger charge is -2.08. The summed E-state index contributed by atoms with van der Waals surface area (Å²) in [4.78, 5) is 21.6. The minimum absolute atomic E-state index is 0.281. The number of carbonyl (C=O) groups excluding carboxylic acids is 2. The molecule has 0 aliphatic rings. The van der Waals surface area contributed by atoms with Gasteiger partial charge in [-0.05, 0) is 20.8 Å². The molecule has 0 radical (unpaired) electrons. The van der Waals surface area contributed by atoms with Gasteiger partial charge in [-0.3, -0.25) is 0 Å². The second-order valence-electron chi connectivity index (χ2n) is 2.87. The molecule has 14 heavy (non-hydrogen) atoms. The Morgan fingerprint density at radius 3 is 2.57 bits per heavy atom. The summed E-state index contributed by atoms with van der Waals surface area (Å²) in [6.45, 7) is 5.41. The standard InChI is InChI=1S/C9H16N2O3/c1-4-14-8(12)6(2)5-7(3)11-9(10)13/h5,7H,4H2,1-3H3,(H3,10,11,13)/b6-5+. The van der Waals surface area contributed by atoms with Crippen LogP contribution in [-0.4, -0.2) is 24.6 Å². The van der Waals surface area contributed by atoms with Crippen LogP contribution in [-0.2, 0) is 9.53 Å². The van der Waals surface area contributed by atoms with E-state index < -0.39 is 6.03 Å². The molecule has 80 valence electrons. The highest BCUT2D eigenvalue weighted by Crippen LogP contribution is 1.99. The highest BCUT2D eigenvalue weighted by atomic mass is 16.5. The lowest BCUT2D eigenvalue weighted by molar-refractivity contribution is -0.138. The van der Waals surface area contributed by atoms with Crippen LogP contribution in [0.15, 0.2) is 11.6 Å². The van der Waals surface area contributed by atoms with E-state index in [-0.39, 0.29) is 12.0 Å². The SMILES string of the molecule is CCOC(=O)/C(C)=C/C(C)NC(N)=O. The monoisotopic (exact) mass is 200 g/mol. The van der Waals surface area contributed by atoms with Crippen molar-refractivity contribution < 1.29 is 14.3 Å². The van der Waals surface area contributed by atoms with Crippen LogP contribution in [0.4, 0.5) is 4.79 Å². The van der Waals surface area contributed by atoms with Crippen molar-refractivity contribution in [1.82, 2.24) is 5.32 Å². The van der Waals surface area contributed by atoms with Crippen LogP contribution in [0, 0.1) is 0 Å². The van der Waals surface area contributed by atoms with Gasteiger partial charge in [0.25, 0.3) is 0 Å². The molecule has 0 rings (SSSR count). The van der Waals surface area contributed by atoms with E-state index >= 15 is 0 Å². The molecule has 3 N–H and O–H groups in total. The summed E-state index contributed by atoms with van der Waals surface area (Å²) in [5.74, 6) is -0.384. The largest absolute Gasteiger partial charge is 0.463 e. The number of hydrogen-bond donors (Lipinski definition) is 2. The molecule has 0 aromatic rings. The molecular weight excluding hydrogens is 184 g/mol. The highest BCUT2D eigenvalue weighted by Gasteiger charge is 2.07. The second kappa shape index (κ2) is 6.01. The van der Waals surface area contributed by atoms with E-state index in [9.17, 15) is 9.59 Å². The summed E-state index contributed by atoms with van der Waals surface area (Å²) in [5, 5.41) is 2.43. The number of ether oxygens (including phenoxy) is 1. The molecule has 0 aliphatic heterocycles. The van der Waals surface area contributed by atoms with Crippen molar-refractivity contribution in [1.29, 1.82) is 0 Å². The van der Waals surface area contributed by atoms with E-state index in [0.717, 1.165) is 0 Å². The molecule has 1 atom stereocenters. The van der Waals surface area contributed by atoms with Gasteiger partial charge >= 0.3 is 12.0 Å². The maximum absolute atomic E-state index is 11.1. The smallest absolute Gasteiger partial charge is 0.333 e. The predicted molar refractivity (Wildman–Crippen MR) is 52.6 cm³/mol. The molecule has 1 unspecified atom stereocenters. The molecule has 0 fully saturated rings. The first-order valence-corrected chi connectivity index (χ1v) is 4.38. The Labute approximate surface area is 83.3 Å². The van der Waals surface area contributed by atoms with Crippen molar-refractivity contribution in [3.05, 3.63) is 11.6 Å². The maximum atomic E-state index is 11.1. The Morgan fingerprint density at radius 1 is 1.57 bits per heavy atom. The minimum Gasteiger partial charge on any atom is -0.463 e. The summed E-state index contributed by atoms with van der Waals surface area (Å²) in [7, 11) is 0. The molecule has 2 amide bonds. The van der Waals surface area contributed by atoms with Crippen LogP contribution < -0.4 is 11.1 Å². The molecule has 0 aliphatic carbocycles. The van der Waals surface area contributed by atoms with Crippen molar-refractivity contribution in [3.8, 4) is 0 Å². The van der Waals surface area contributed by atoms with Gasteiger partial charge < -0.3 is 15.8 Å². The Bertz CT molecular complexity index is 248. The second-order valence-corrected chi connectivity index (χ2v) is 2.87. The topological polar surface area (TPSA) is 81.4 Å². The average molecular weight is 200 g/mol. The van der Waals surface area contributed by atoms with Gasteiger partial charge in [0.15, 0.2) is 0 Å². The van der Waals surface area contributed by atoms with Crippen LogP contribution in [0.1, 0.15) is 20.8 Å². The predicted octanol–water partition coefficient (Wildman–Crippen LogP) is 0.553. The molecule has 0 aromatic heterocycles. The van der Waals surface area contributed by atoms with Crippen molar-refractivity contribution in [3.63, 3.8) is 0 Å². The molecule has 0 aromatic carbocycles. The number of esters is 1. The fraction of sp³-hybridized carbons (Fsp3) is 0.556. The number of nitrogens with one attached hydrogen (secondary N) is 1. The molecule has 5 nitrogen and oxygen atoms in total. The molecule has 0 saturated carbocycles. The third-order valence-corrected chi connectivity index (χ3v) is 1.47. The zero-order valence-corrected chi connectivity index (χ0v) is 8.66. The molecule has 5 heteroatoms. The summed E-state index contributed by atoms with van der Waals surface area (Å²) in [6, 6.07) is -0.901. The Hall–Kier alpha value is -1.52. The molecular formula is C9H16N2O3. The van der Waals surface area contributed by atoms with Gasteiger partial charge in [0.05, 0.1) is 6.61 Å². The third-order valence-electron chi connectivity index (χ3n) is 1.47. The first-order chi connectivity index (χ1) is 6.47. The number of rotatable bonds is 4. The van der Waals surface area contributed by atoms with Crippen molar-refractivity contribution >= 4 is 12.0 Å². The van der Waals surface area contributed by atoms with Gasteiger partial charge in [0.1, 0.15) is 0 Å². The van der Waals surface area contributed by atoms with E-state index in [1.807, 2.05) is 0 Å². The fourth-order valence-corrected chi connectivity index (χ4v) is 0.954. The zero-order valence-electron chi connectivity index (χ0n) is 8.66. The van der Waals surface area contributed by atoms with Gasteiger partial charge in [0.2, 0.25) is 0 Å². The number of hydrogen-bond acceptors (Lipinski definition) is 3. The quantitative estimate of drug-likeness (QED) is 0.513. The van der Waals surface area contributed by atoms with Crippen molar-refractivity contribution in [2.75, 3.05) is 6.61 Å². The first-order valence-electron chi connectivity index (χ1n) is 4.38. The van der Waals surface area contributed by atoms with E-state index in [2.05, 4.69) is 5.32 Å². The van der Waals surface area contributed by atoms with Crippen LogP contribution in [0.2, 0.25) is 0 Å². The summed E-state index contributed by atoms with van der Waals surface area (Å²) < 4.78 is 4.76. The minimum atomic E-state index is -0.620. The number of amides is 2. The number of carbonyl (C=O) groups is 2. The average Bonchev–Trinajstić information content (AvgIpc) is 2.02. The number of primary amides is 1. The maximum Gasteiger partial charge on any atom is 0.333 e. The lowest BCUT2D eigenvalue weighted by atomic mass is 10.2. The van der Waals surface area contributed by atoms with Gasteiger partial charge in [-0.1, -0.05) is 6.08 Å². The van der Waals surface area contributed by atoms with E-state index in [0.29, 0.717) is 12.2 Å². The number of nitrogens with two attached hydrogens (primary N) is 1. The van der Waals surface area contributed by atoms with E-state index in [1.165, 1.54) is 0 Å². The molecule has 0 spiro atoms. The van der Waals surface area contributed by atoms with Crippen molar-refractivity contribution in [2.45, 2.75) is 26.8 Å². The van der Waals surface area contributed by atoms with Gasteiger partial charge in [-0.15, -0.1) is 0 Å². The Morgan fingerprint density at radius 2 is 2.14 bits per heavy atom. The van der Waals surface area contributed by atoms with Gasteiger partial charge in [-0.2, -0.15) is 0 Å². The van der Waals surface area contributed by atoms with Crippen LogP contribution in [0.25, 0.3) is 0 Å². The van der Waals surface area contributed by atoms with E-state index in [1.54, 1.807) is 26.8 Å². The Kier molecular flexibility index (Phi) is 5.36. The van der Waals surface area contributed by atoms with E-state index in [4.69, 9.17) is 10.5 Å².